The van der Waals surface area contributed by atoms with Gasteiger partial charge in [-0.3, -0.25) is 0 Å². The predicted octanol–water partition coefficient (Wildman–Crippen LogP) is 4.29. The molecule has 0 radical (unpaired) electrons. The lowest BCUT2D eigenvalue weighted by atomic mass is 9.75. The molecule has 2 aromatic carbocycles. The van der Waals surface area contributed by atoms with Crippen LogP contribution >= 0.6 is 0 Å². The highest BCUT2D eigenvalue weighted by molar-refractivity contribution is 7.92. The Hall–Kier alpha value is -2.39. The van der Waals surface area contributed by atoms with Crippen molar-refractivity contribution < 1.29 is 35.5 Å². The minimum Gasteiger partial charge on any atom is -0.490 e. The first kappa shape index (κ1) is 20.9. The van der Waals surface area contributed by atoms with Gasteiger partial charge in [0.2, 0.25) is 0 Å². The summed E-state index contributed by atoms with van der Waals surface area (Å²) in [6, 6.07) is 3.55. The average molecular weight is 442 g/mol. The number of halogens is 4. The Bertz CT molecular complexity index is 1100. The summed E-state index contributed by atoms with van der Waals surface area (Å²) < 4.78 is 94.2. The van der Waals surface area contributed by atoms with Crippen molar-refractivity contribution in [3.8, 4) is 5.75 Å². The molecule has 0 spiro atoms. The largest absolute Gasteiger partial charge is 0.490 e. The molecule has 2 heterocycles. The first-order chi connectivity index (χ1) is 14.2. The molecule has 0 N–H and O–H groups in total. The monoisotopic (exact) mass is 442 g/mol. The number of fused-ring (bicyclic) bond motifs is 3. The Morgan fingerprint density at radius 3 is 2.43 bits per heavy atom. The molecule has 9 heteroatoms. The fourth-order valence-electron chi connectivity index (χ4n) is 4.52. The molecule has 1 fully saturated rings. The zero-order valence-corrected chi connectivity index (χ0v) is 16.5. The molecule has 160 valence electrons. The van der Waals surface area contributed by atoms with Crippen LogP contribution in [0.25, 0.3) is 0 Å². The summed E-state index contributed by atoms with van der Waals surface area (Å²) in [4.78, 5) is -0.652. The third-order valence-electron chi connectivity index (χ3n) is 5.77. The van der Waals surface area contributed by atoms with Crippen LogP contribution in [0.1, 0.15) is 18.4 Å². The van der Waals surface area contributed by atoms with Crippen molar-refractivity contribution in [3.63, 3.8) is 0 Å². The van der Waals surface area contributed by atoms with E-state index in [0.29, 0.717) is 18.2 Å². The topological polar surface area (TPSA) is 52.6 Å². The minimum atomic E-state index is -4.61. The van der Waals surface area contributed by atoms with Gasteiger partial charge in [-0.05, 0) is 37.1 Å². The van der Waals surface area contributed by atoms with E-state index in [1.165, 1.54) is 6.08 Å². The highest BCUT2D eigenvalue weighted by Gasteiger charge is 2.61. The summed E-state index contributed by atoms with van der Waals surface area (Å²) >= 11 is 0. The van der Waals surface area contributed by atoms with E-state index in [-0.39, 0.29) is 26.1 Å². The molecule has 2 aliphatic rings. The van der Waals surface area contributed by atoms with Crippen LogP contribution in [0.15, 0.2) is 47.9 Å². The maximum atomic E-state index is 15.1. The molecule has 0 amide bonds. The lowest BCUT2D eigenvalue weighted by molar-refractivity contribution is -0.0704. The van der Waals surface area contributed by atoms with Crippen molar-refractivity contribution in [1.29, 1.82) is 0 Å². The molecule has 0 unspecified atom stereocenters. The molecule has 0 aromatic heterocycles. The van der Waals surface area contributed by atoms with Crippen molar-refractivity contribution in [1.82, 2.24) is 0 Å². The summed E-state index contributed by atoms with van der Waals surface area (Å²) in [5.74, 6) is -5.55. The fourth-order valence-corrected chi connectivity index (χ4v) is 6.90. The number of sulfone groups is 1. The average Bonchev–Trinajstić information content (AvgIpc) is 2.69. The lowest BCUT2D eigenvalue weighted by Crippen LogP contribution is -2.57. The van der Waals surface area contributed by atoms with E-state index in [2.05, 4.69) is 6.58 Å². The van der Waals surface area contributed by atoms with E-state index < -0.39 is 66.1 Å². The molecule has 3 atom stereocenters. The highest BCUT2D eigenvalue weighted by atomic mass is 32.2. The van der Waals surface area contributed by atoms with Crippen molar-refractivity contribution in [3.05, 3.63) is 71.8 Å². The molecule has 2 aromatic rings. The quantitative estimate of drug-likeness (QED) is 0.524. The van der Waals surface area contributed by atoms with Crippen LogP contribution in [0.5, 0.6) is 5.75 Å². The molecule has 0 saturated carbocycles. The number of ether oxygens (including phenoxy) is 2. The molecule has 4 rings (SSSR count). The summed E-state index contributed by atoms with van der Waals surface area (Å²) in [7, 11) is -4.61. The Labute approximate surface area is 171 Å². The van der Waals surface area contributed by atoms with Gasteiger partial charge in [0.15, 0.2) is 21.4 Å². The van der Waals surface area contributed by atoms with E-state index in [0.717, 1.165) is 12.1 Å². The molecule has 2 aliphatic heterocycles. The van der Waals surface area contributed by atoms with Gasteiger partial charge in [-0.1, -0.05) is 6.08 Å². The van der Waals surface area contributed by atoms with Crippen LogP contribution in [0.2, 0.25) is 0 Å². The molecule has 0 bridgehead atoms. The van der Waals surface area contributed by atoms with Crippen molar-refractivity contribution in [2.24, 2.45) is 5.92 Å². The smallest absolute Gasteiger partial charge is 0.189 e. The highest BCUT2D eigenvalue weighted by Crippen LogP contribution is 2.55. The van der Waals surface area contributed by atoms with Crippen LogP contribution in [-0.4, -0.2) is 27.7 Å². The van der Waals surface area contributed by atoms with Gasteiger partial charge < -0.3 is 9.47 Å². The molecular formula is C21H18F4O4S. The predicted molar refractivity (Wildman–Crippen MR) is 99.7 cm³/mol. The third kappa shape index (κ3) is 2.94. The molecule has 1 saturated heterocycles. The van der Waals surface area contributed by atoms with Gasteiger partial charge >= 0.3 is 0 Å². The maximum Gasteiger partial charge on any atom is 0.189 e. The molecule has 0 aliphatic carbocycles. The van der Waals surface area contributed by atoms with Gasteiger partial charge in [0.25, 0.3) is 0 Å². The second-order valence-corrected chi connectivity index (χ2v) is 9.54. The molecule has 4 nitrogen and oxygen atoms in total. The van der Waals surface area contributed by atoms with E-state index >= 15 is 4.39 Å². The van der Waals surface area contributed by atoms with Crippen LogP contribution in [0, 0.1) is 29.2 Å². The number of rotatable bonds is 4. The summed E-state index contributed by atoms with van der Waals surface area (Å²) in [6.07, 6.45) is 0.796. The fraction of sp³-hybridized carbons (Fsp3) is 0.333. The van der Waals surface area contributed by atoms with Crippen molar-refractivity contribution in [2.45, 2.75) is 28.6 Å². The maximum absolute atomic E-state index is 15.1. The van der Waals surface area contributed by atoms with Gasteiger partial charge in [0.1, 0.15) is 22.2 Å². The first-order valence-electron chi connectivity index (χ1n) is 9.27. The van der Waals surface area contributed by atoms with E-state index in [4.69, 9.17) is 9.47 Å². The second-order valence-electron chi connectivity index (χ2n) is 7.33. The zero-order chi connectivity index (χ0) is 21.7. The summed E-state index contributed by atoms with van der Waals surface area (Å²) in [6.45, 7) is 3.27. The molecular weight excluding hydrogens is 424 g/mol. The number of benzene rings is 2. The van der Waals surface area contributed by atoms with Crippen molar-refractivity contribution in [2.75, 3.05) is 13.2 Å². The van der Waals surface area contributed by atoms with Gasteiger partial charge in [-0.25, -0.2) is 26.0 Å². The standard InChI is InChI=1S/C21H18F4O4S/c1-2-3-18-15-11-29-20-17(25)5-4-16(24)19(20)21(15,6-7-28-18)30(26,27)14-9-12(22)8-13(23)10-14/h2,4-5,8-10,15,18H,1,3,6-7,11H2/t15-,18-,21-/m0/s1. The second kappa shape index (κ2) is 7.39. The lowest BCUT2D eigenvalue weighted by Gasteiger charge is -2.50. The van der Waals surface area contributed by atoms with Gasteiger partial charge in [0, 0.05) is 18.6 Å². The van der Waals surface area contributed by atoms with Crippen LogP contribution in [0.4, 0.5) is 17.6 Å². The Morgan fingerprint density at radius 1 is 1.10 bits per heavy atom. The Balaban J connectivity index is 2.05. The van der Waals surface area contributed by atoms with Gasteiger partial charge in [-0.15, -0.1) is 6.58 Å². The van der Waals surface area contributed by atoms with E-state index in [9.17, 15) is 21.6 Å². The van der Waals surface area contributed by atoms with E-state index in [1.807, 2.05) is 0 Å². The van der Waals surface area contributed by atoms with Crippen LogP contribution in [-0.2, 0) is 19.3 Å². The Morgan fingerprint density at radius 2 is 1.77 bits per heavy atom. The van der Waals surface area contributed by atoms with E-state index in [1.54, 1.807) is 0 Å². The SMILES string of the molecule is C=CC[C@@H]1OCC[C@@]2(S(=O)(=O)c3cc(F)cc(F)c3)c3c(F)ccc(F)c3OC[C@@H]12. The Kier molecular flexibility index (Phi) is 5.14. The zero-order valence-electron chi connectivity index (χ0n) is 15.7. The van der Waals surface area contributed by atoms with Crippen molar-refractivity contribution >= 4 is 9.84 Å². The summed E-state index contributed by atoms with van der Waals surface area (Å²) in [5, 5.41) is 0. The minimum absolute atomic E-state index is 0.0819. The normalized spacial score (nSPS) is 25.7. The molecule has 30 heavy (non-hydrogen) atoms. The third-order valence-corrected chi connectivity index (χ3v) is 8.29. The van der Waals surface area contributed by atoms with Crippen LogP contribution in [0.3, 0.4) is 0 Å². The summed E-state index contributed by atoms with van der Waals surface area (Å²) in [5.41, 5.74) is -0.471. The first-order valence-corrected chi connectivity index (χ1v) is 10.7. The van der Waals surface area contributed by atoms with Gasteiger partial charge in [-0.2, -0.15) is 0 Å². The number of hydrogen-bond acceptors (Lipinski definition) is 4. The van der Waals surface area contributed by atoms with Crippen LogP contribution < -0.4 is 4.74 Å². The number of hydrogen-bond donors (Lipinski definition) is 0. The van der Waals surface area contributed by atoms with Gasteiger partial charge in [0.05, 0.1) is 23.2 Å².